The van der Waals surface area contributed by atoms with Gasteiger partial charge < -0.3 is 14.2 Å². The van der Waals surface area contributed by atoms with Gasteiger partial charge in [0.05, 0.1) is 19.3 Å². The Kier molecular flexibility index (Phi) is 5.73. The quantitative estimate of drug-likeness (QED) is 0.787. The first-order valence-electron chi connectivity index (χ1n) is 10.0. The minimum Gasteiger partial charge on any atom is -0.379 e. The normalized spacial score (nSPS) is 22.9. The molecule has 3 heterocycles. The number of ether oxygens (including phenoxy) is 1. The van der Waals surface area contributed by atoms with Crippen molar-refractivity contribution in [2.24, 2.45) is 5.92 Å². The molecule has 0 N–H and O–H groups in total. The molecule has 7 heteroatoms. The van der Waals surface area contributed by atoms with Crippen molar-refractivity contribution >= 4 is 5.91 Å². The van der Waals surface area contributed by atoms with Crippen LogP contribution in [0.5, 0.6) is 0 Å². The molecule has 2 bridgehead atoms. The number of carbonyl (C=O) groups is 1. The summed E-state index contributed by atoms with van der Waals surface area (Å²) in [6.45, 7) is 6.03. The molecule has 0 saturated carbocycles. The Morgan fingerprint density at radius 2 is 2.07 bits per heavy atom. The fraction of sp³-hybridized carbons (Fsp3) is 0.571. The van der Waals surface area contributed by atoms with Gasteiger partial charge in [-0.3, -0.25) is 9.69 Å². The minimum absolute atomic E-state index is 0.214. The van der Waals surface area contributed by atoms with Crippen LogP contribution in [0, 0.1) is 12.8 Å². The van der Waals surface area contributed by atoms with E-state index in [2.05, 4.69) is 22.1 Å². The van der Waals surface area contributed by atoms with Crippen LogP contribution in [0.3, 0.4) is 0 Å². The Morgan fingerprint density at radius 3 is 2.93 bits per heavy atom. The lowest BCUT2D eigenvalue weighted by Gasteiger charge is -2.29. The minimum atomic E-state index is 0.214. The van der Waals surface area contributed by atoms with Gasteiger partial charge in [-0.15, -0.1) is 0 Å². The van der Waals surface area contributed by atoms with E-state index in [0.717, 1.165) is 37.4 Å². The Morgan fingerprint density at radius 1 is 1.21 bits per heavy atom. The maximum atomic E-state index is 12.8. The molecule has 0 unspecified atom stereocenters. The molecule has 0 spiro atoms. The molecule has 2 saturated heterocycles. The van der Waals surface area contributed by atoms with Gasteiger partial charge in [-0.05, 0) is 26.0 Å². The van der Waals surface area contributed by atoms with Crippen LogP contribution in [-0.2, 0) is 16.0 Å². The second kappa shape index (κ2) is 8.41. The van der Waals surface area contributed by atoms with Gasteiger partial charge in [0.2, 0.25) is 17.6 Å². The number of hydrogen-bond donors (Lipinski definition) is 0. The van der Waals surface area contributed by atoms with Crippen molar-refractivity contribution in [3.63, 3.8) is 0 Å². The van der Waals surface area contributed by atoms with Crippen molar-refractivity contribution in [3.8, 4) is 11.4 Å². The molecule has 2 atom stereocenters. The number of rotatable bonds is 5. The second-order valence-electron chi connectivity index (χ2n) is 7.98. The third-order valence-corrected chi connectivity index (χ3v) is 5.73. The second-order valence-corrected chi connectivity index (χ2v) is 7.98. The van der Waals surface area contributed by atoms with E-state index in [9.17, 15) is 4.79 Å². The number of aryl methyl sites for hydroxylation is 2. The summed E-state index contributed by atoms with van der Waals surface area (Å²) in [5, 5.41) is 4.09. The van der Waals surface area contributed by atoms with Crippen LogP contribution in [0.25, 0.3) is 11.4 Å². The van der Waals surface area contributed by atoms with Crippen LogP contribution in [0.1, 0.15) is 24.3 Å². The summed E-state index contributed by atoms with van der Waals surface area (Å²) in [4.78, 5) is 21.6. The zero-order valence-corrected chi connectivity index (χ0v) is 16.6. The molecular weight excluding hydrogens is 356 g/mol. The molecule has 1 aromatic carbocycles. The van der Waals surface area contributed by atoms with E-state index in [1.807, 2.05) is 36.1 Å². The van der Waals surface area contributed by atoms with Gasteiger partial charge in [-0.2, -0.15) is 4.98 Å². The summed E-state index contributed by atoms with van der Waals surface area (Å²) in [6.07, 6.45) is 1.84. The van der Waals surface area contributed by atoms with Crippen molar-refractivity contribution in [2.45, 2.75) is 32.2 Å². The molecule has 2 aliphatic heterocycles. The lowest BCUT2D eigenvalue weighted by atomic mass is 10.1. The molecule has 2 fully saturated rings. The Balaban J connectivity index is 1.31. The zero-order valence-electron chi connectivity index (χ0n) is 16.6. The van der Waals surface area contributed by atoms with E-state index >= 15 is 0 Å². The summed E-state index contributed by atoms with van der Waals surface area (Å²) >= 11 is 0. The first-order valence-corrected chi connectivity index (χ1v) is 10.0. The molecule has 28 heavy (non-hydrogen) atoms. The first-order chi connectivity index (χ1) is 13.6. The third kappa shape index (κ3) is 4.25. The molecule has 1 aromatic heterocycles. The Hall–Kier alpha value is -2.25. The van der Waals surface area contributed by atoms with Gasteiger partial charge in [0.1, 0.15) is 0 Å². The van der Waals surface area contributed by atoms with E-state index in [1.54, 1.807) is 0 Å². The molecule has 2 aromatic rings. The van der Waals surface area contributed by atoms with E-state index in [-0.39, 0.29) is 5.91 Å². The van der Waals surface area contributed by atoms with Gasteiger partial charge in [-0.1, -0.05) is 29.4 Å². The van der Waals surface area contributed by atoms with Crippen LogP contribution >= 0.6 is 0 Å². The number of fused-ring (bicyclic) bond motifs is 3. The van der Waals surface area contributed by atoms with Crippen LogP contribution in [0.2, 0.25) is 0 Å². The SMILES string of the molecule is Cc1ccccc1-c1noc(CCCC(=O)N2C[C@@H]3COC[C@H](C2)N(C)C3)n1. The Bertz CT molecular complexity index is 821. The highest BCUT2D eigenvalue weighted by Gasteiger charge is 2.33. The van der Waals surface area contributed by atoms with Gasteiger partial charge in [0.15, 0.2) is 0 Å². The predicted octanol–water partition coefficient (Wildman–Crippen LogP) is 2.16. The monoisotopic (exact) mass is 384 g/mol. The Labute approximate surface area is 165 Å². The molecule has 4 rings (SSSR count). The van der Waals surface area contributed by atoms with Crippen LogP contribution in [0.15, 0.2) is 28.8 Å². The lowest BCUT2D eigenvalue weighted by Crippen LogP contribution is -2.44. The highest BCUT2D eigenvalue weighted by Crippen LogP contribution is 2.21. The molecule has 150 valence electrons. The molecule has 0 aliphatic carbocycles. The number of nitrogens with zero attached hydrogens (tertiary/aromatic N) is 4. The fourth-order valence-electron chi connectivity index (χ4n) is 4.09. The smallest absolute Gasteiger partial charge is 0.226 e. The summed E-state index contributed by atoms with van der Waals surface area (Å²) in [7, 11) is 2.13. The summed E-state index contributed by atoms with van der Waals surface area (Å²) in [5.41, 5.74) is 2.10. The maximum Gasteiger partial charge on any atom is 0.226 e. The molecule has 2 aliphatic rings. The van der Waals surface area contributed by atoms with Crippen molar-refractivity contribution in [2.75, 3.05) is 39.9 Å². The van der Waals surface area contributed by atoms with Gasteiger partial charge in [-0.25, -0.2) is 0 Å². The topological polar surface area (TPSA) is 71.7 Å². The van der Waals surface area contributed by atoms with E-state index in [0.29, 0.717) is 49.5 Å². The average Bonchev–Trinajstić information content (AvgIpc) is 2.97. The van der Waals surface area contributed by atoms with Gasteiger partial charge >= 0.3 is 0 Å². The molecule has 7 nitrogen and oxygen atoms in total. The van der Waals surface area contributed by atoms with Crippen molar-refractivity contribution in [3.05, 3.63) is 35.7 Å². The fourth-order valence-corrected chi connectivity index (χ4v) is 4.09. The highest BCUT2D eigenvalue weighted by atomic mass is 16.5. The highest BCUT2D eigenvalue weighted by molar-refractivity contribution is 5.76. The third-order valence-electron chi connectivity index (χ3n) is 5.73. The standard InChI is InChI=1S/C21H28N4O3/c1-15-6-3-4-7-18(15)21-22-19(28-23-21)8-5-9-20(26)25-11-16-10-24(2)17(12-25)14-27-13-16/h3-4,6-7,16-17H,5,8-14H2,1-2H3/t16-,17+/m1/s1. The van der Waals surface area contributed by atoms with E-state index in [1.165, 1.54) is 0 Å². The summed E-state index contributed by atoms with van der Waals surface area (Å²) < 4.78 is 11.1. The zero-order chi connectivity index (χ0) is 19.5. The summed E-state index contributed by atoms with van der Waals surface area (Å²) in [5.74, 6) is 1.81. The predicted molar refractivity (Wildman–Crippen MR) is 105 cm³/mol. The summed E-state index contributed by atoms with van der Waals surface area (Å²) in [6, 6.07) is 8.28. The number of benzene rings is 1. The number of amides is 1. The maximum absolute atomic E-state index is 12.8. The number of hydrogen-bond acceptors (Lipinski definition) is 6. The number of carbonyl (C=O) groups excluding carboxylic acids is 1. The number of likely N-dealkylation sites (N-methyl/N-ethyl adjacent to an activating group) is 1. The van der Waals surface area contributed by atoms with Crippen molar-refractivity contribution in [1.82, 2.24) is 19.9 Å². The van der Waals surface area contributed by atoms with Crippen LogP contribution in [-0.4, -0.2) is 71.8 Å². The number of aromatic nitrogens is 2. The van der Waals surface area contributed by atoms with E-state index in [4.69, 9.17) is 9.26 Å². The van der Waals surface area contributed by atoms with Crippen LogP contribution < -0.4 is 0 Å². The largest absolute Gasteiger partial charge is 0.379 e. The molecule has 1 amide bonds. The lowest BCUT2D eigenvalue weighted by molar-refractivity contribution is -0.133. The molecule has 0 radical (unpaired) electrons. The first kappa shape index (κ1) is 19.1. The van der Waals surface area contributed by atoms with Gasteiger partial charge in [0.25, 0.3) is 0 Å². The van der Waals surface area contributed by atoms with Crippen molar-refractivity contribution < 1.29 is 14.1 Å². The van der Waals surface area contributed by atoms with E-state index < -0.39 is 0 Å². The average molecular weight is 384 g/mol. The van der Waals surface area contributed by atoms with Crippen molar-refractivity contribution in [1.29, 1.82) is 0 Å². The molecular formula is C21H28N4O3. The van der Waals surface area contributed by atoms with Gasteiger partial charge in [0, 0.05) is 44.0 Å². The van der Waals surface area contributed by atoms with Crippen LogP contribution in [0.4, 0.5) is 0 Å².